The van der Waals surface area contributed by atoms with Crippen LogP contribution in [-0.2, 0) is 0 Å². The zero-order valence-electron chi connectivity index (χ0n) is 13.5. The highest BCUT2D eigenvalue weighted by Gasteiger charge is 2.95. The minimum absolute atomic E-state index is 0.742. The fourth-order valence-electron chi connectivity index (χ4n) is 14.6. The van der Waals surface area contributed by atoms with E-state index in [1.807, 2.05) is 0 Å². The maximum Gasteiger partial charge on any atom is -0.00398 e. The monoisotopic (exact) mass is 288 g/mol. The van der Waals surface area contributed by atoms with Gasteiger partial charge in [-0.05, 0) is 107 Å². The van der Waals surface area contributed by atoms with Gasteiger partial charge in [-0.3, -0.25) is 0 Å². The molecule has 0 amide bonds. The summed E-state index contributed by atoms with van der Waals surface area (Å²) in [6.07, 6.45) is 3.28. The summed E-state index contributed by atoms with van der Waals surface area (Å²) in [7, 11) is 0. The Labute approximate surface area is 132 Å². The van der Waals surface area contributed by atoms with Gasteiger partial charge in [0.05, 0.1) is 0 Å². The Morgan fingerprint density at radius 2 is 1.59 bits per heavy atom. The Balaban J connectivity index is 1.54. The van der Waals surface area contributed by atoms with E-state index in [4.69, 9.17) is 0 Å². The van der Waals surface area contributed by atoms with E-state index < -0.39 is 0 Å². The van der Waals surface area contributed by atoms with E-state index in [9.17, 15) is 0 Å². The molecule has 10 aliphatic rings. The molecule has 0 saturated heterocycles. The van der Waals surface area contributed by atoms with Crippen molar-refractivity contribution in [2.24, 2.45) is 93.7 Å². The molecule has 10 aliphatic carbocycles. The Hall–Kier alpha value is -0.260. The molecule has 0 spiro atoms. The first-order valence-corrected chi connectivity index (χ1v) is 10.4. The van der Waals surface area contributed by atoms with Crippen LogP contribution in [0.25, 0.3) is 0 Å². The molecule has 9 fully saturated rings. The molecule has 0 aromatic carbocycles. The van der Waals surface area contributed by atoms with Crippen LogP contribution in [0.1, 0.15) is 26.7 Å². The lowest BCUT2D eigenvalue weighted by Gasteiger charge is -2.40. The van der Waals surface area contributed by atoms with Gasteiger partial charge in [-0.15, -0.1) is 0 Å². The van der Waals surface area contributed by atoms with Crippen molar-refractivity contribution in [3.63, 3.8) is 0 Å². The SMILES string of the molecule is C[C@]12C3=C4C[C@@H]5[C@@H]6[C@@H]4[C@@H]1[C@@H]1[C@@H]4[C@@H]2[C@H]2[C@@H]7[C@@H](C[C@H]32)[C@@H]5[C@@](C)([C@H]47)[C@@H]61. The van der Waals surface area contributed by atoms with Gasteiger partial charge >= 0.3 is 0 Å². The van der Waals surface area contributed by atoms with E-state index in [0.29, 0.717) is 0 Å². The minimum Gasteiger partial charge on any atom is -0.0661 e. The summed E-state index contributed by atoms with van der Waals surface area (Å²) < 4.78 is 0. The van der Waals surface area contributed by atoms with E-state index >= 15 is 0 Å². The summed E-state index contributed by atoms with van der Waals surface area (Å²) in [6, 6.07) is 0. The van der Waals surface area contributed by atoms with Crippen LogP contribution in [0.4, 0.5) is 0 Å². The quantitative estimate of drug-likeness (QED) is 0.594. The first kappa shape index (κ1) is 9.90. The molecular formula is C22H24. The second kappa shape index (κ2) is 2.12. The third-order valence-electron chi connectivity index (χ3n) is 13.2. The highest BCUT2D eigenvalue weighted by atomic mass is 15.0. The van der Waals surface area contributed by atoms with Crippen molar-refractivity contribution in [1.82, 2.24) is 0 Å². The molecular weight excluding hydrogens is 264 g/mol. The van der Waals surface area contributed by atoms with Gasteiger partial charge in [0.2, 0.25) is 0 Å². The predicted molar refractivity (Wildman–Crippen MR) is 81.3 cm³/mol. The topological polar surface area (TPSA) is 0 Å². The van der Waals surface area contributed by atoms with Crippen LogP contribution < -0.4 is 0 Å². The minimum atomic E-state index is 0.742. The number of allylic oxidation sites excluding steroid dienone is 2. The van der Waals surface area contributed by atoms with Crippen LogP contribution in [0.15, 0.2) is 11.1 Å². The second-order valence-corrected chi connectivity index (χ2v) is 12.0. The van der Waals surface area contributed by atoms with Crippen molar-refractivity contribution in [2.75, 3.05) is 0 Å². The summed E-state index contributed by atoms with van der Waals surface area (Å²) in [5.74, 6) is 16.6. The van der Waals surface area contributed by atoms with Gasteiger partial charge in [0, 0.05) is 0 Å². The van der Waals surface area contributed by atoms with E-state index in [1.54, 1.807) is 12.8 Å². The Morgan fingerprint density at radius 3 is 2.50 bits per heavy atom. The van der Waals surface area contributed by atoms with Crippen LogP contribution in [0, 0.1) is 93.7 Å². The van der Waals surface area contributed by atoms with Gasteiger partial charge in [0.25, 0.3) is 0 Å². The lowest BCUT2D eigenvalue weighted by Crippen LogP contribution is -2.35. The van der Waals surface area contributed by atoms with Crippen molar-refractivity contribution >= 4 is 0 Å². The lowest BCUT2D eigenvalue weighted by molar-refractivity contribution is 0.0994. The van der Waals surface area contributed by atoms with Crippen molar-refractivity contribution in [2.45, 2.75) is 26.7 Å². The molecule has 0 bridgehead atoms. The molecule has 9 saturated carbocycles. The molecule has 112 valence electrons. The Bertz CT molecular complexity index is 805. The molecule has 0 unspecified atom stereocenters. The fraction of sp³-hybridized carbons (Fsp3) is 0.909. The molecule has 22 heavy (non-hydrogen) atoms. The molecule has 0 N–H and O–H groups in total. The van der Waals surface area contributed by atoms with Crippen LogP contribution in [0.5, 0.6) is 0 Å². The zero-order valence-corrected chi connectivity index (χ0v) is 13.5. The van der Waals surface area contributed by atoms with Gasteiger partial charge in [0.15, 0.2) is 0 Å². The Morgan fingerprint density at radius 1 is 0.773 bits per heavy atom. The van der Waals surface area contributed by atoms with Crippen molar-refractivity contribution < 1.29 is 0 Å². The molecule has 0 nitrogen and oxygen atoms in total. The maximum atomic E-state index is 2.86. The Kier molecular flexibility index (Phi) is 0.954. The van der Waals surface area contributed by atoms with Crippen LogP contribution in [-0.4, -0.2) is 0 Å². The van der Waals surface area contributed by atoms with Crippen LogP contribution in [0.3, 0.4) is 0 Å². The van der Waals surface area contributed by atoms with Crippen LogP contribution in [0.2, 0.25) is 0 Å². The smallest absolute Gasteiger partial charge is 0.00398 e. The van der Waals surface area contributed by atoms with Gasteiger partial charge in [-0.25, -0.2) is 0 Å². The summed E-state index contributed by atoms with van der Waals surface area (Å²) in [4.78, 5) is 0. The van der Waals surface area contributed by atoms with Crippen LogP contribution >= 0.6 is 0 Å². The average molecular weight is 288 g/mol. The third-order valence-corrected chi connectivity index (χ3v) is 13.2. The van der Waals surface area contributed by atoms with Crippen molar-refractivity contribution in [3.05, 3.63) is 11.1 Å². The van der Waals surface area contributed by atoms with Gasteiger partial charge in [-0.1, -0.05) is 25.0 Å². The maximum absolute atomic E-state index is 2.86. The summed E-state index contributed by atoms with van der Waals surface area (Å²) >= 11 is 0. The summed E-state index contributed by atoms with van der Waals surface area (Å²) in [6.45, 7) is 5.68. The highest BCUT2D eigenvalue weighted by Crippen LogP contribution is 3.00. The molecule has 0 aromatic heterocycles. The van der Waals surface area contributed by atoms with E-state index in [2.05, 4.69) is 25.0 Å². The zero-order chi connectivity index (χ0) is 13.7. The average Bonchev–Trinajstić information content (AvgIpc) is 3.16. The molecule has 16 atom stereocenters. The number of hydrogen-bond donors (Lipinski definition) is 0. The number of rotatable bonds is 0. The third kappa shape index (κ3) is 0.484. The first-order valence-electron chi connectivity index (χ1n) is 10.4. The lowest BCUT2D eigenvalue weighted by atomic mass is 9.64. The van der Waals surface area contributed by atoms with E-state index in [1.165, 1.54) is 71.0 Å². The number of fused-ring (bicyclic) bond motifs is 3. The molecule has 0 radical (unpaired) electrons. The number of hydrogen-bond acceptors (Lipinski definition) is 0. The molecule has 0 aliphatic heterocycles. The van der Waals surface area contributed by atoms with E-state index in [0.717, 1.165) is 22.7 Å². The van der Waals surface area contributed by atoms with E-state index in [-0.39, 0.29) is 0 Å². The molecule has 0 heteroatoms. The first-order chi connectivity index (χ1) is 10.7. The predicted octanol–water partition coefficient (Wildman–Crippen LogP) is 3.84. The summed E-state index contributed by atoms with van der Waals surface area (Å²) in [5.41, 5.74) is 5.89. The van der Waals surface area contributed by atoms with Gasteiger partial charge in [0.1, 0.15) is 0 Å². The summed E-state index contributed by atoms with van der Waals surface area (Å²) in [5, 5.41) is 0. The highest BCUT2D eigenvalue weighted by molar-refractivity contribution is 5.56. The van der Waals surface area contributed by atoms with Gasteiger partial charge < -0.3 is 0 Å². The van der Waals surface area contributed by atoms with Crippen molar-refractivity contribution in [3.8, 4) is 0 Å². The molecule has 10 rings (SSSR count). The van der Waals surface area contributed by atoms with Gasteiger partial charge in [-0.2, -0.15) is 0 Å². The molecule has 0 aromatic rings. The fourth-order valence-corrected chi connectivity index (χ4v) is 14.6. The second-order valence-electron chi connectivity index (χ2n) is 12.0. The van der Waals surface area contributed by atoms with Crippen molar-refractivity contribution in [1.29, 1.82) is 0 Å². The standard InChI is InChI=1S/C22H24/c1-21-15-5-3-7-11-9(5)17(21)13-14-18(21)10-6(15)4-8-12(10)20(14)22(2,16(7)8)19(11)13/h5-7,9-15,17-20H,3-4H2,1-2H3/t5-,6-,7+,9+,10-,11-,12-,13+,14-,15+,17+,18+,19+,20-,21+,22-/m1/s1. The normalized spacial score (nSPS) is 91.9. The molecule has 0 heterocycles. The largest absolute Gasteiger partial charge is 0.0661 e.